The molecule has 2 amide bonds. The van der Waals surface area contributed by atoms with Crippen molar-refractivity contribution in [2.75, 3.05) is 10.7 Å². The van der Waals surface area contributed by atoms with Crippen molar-refractivity contribution in [3.63, 3.8) is 0 Å². The van der Waals surface area contributed by atoms with Crippen LogP contribution in [-0.2, 0) is 14.8 Å². The molecule has 0 atom stereocenters. The van der Waals surface area contributed by atoms with E-state index in [1.807, 2.05) is 0 Å². The van der Waals surface area contributed by atoms with Gasteiger partial charge in [0.25, 0.3) is 5.91 Å². The largest absolute Gasteiger partial charge is 0.326 e. The summed E-state index contributed by atoms with van der Waals surface area (Å²) in [6.07, 6.45) is 3.56. The molecule has 0 heterocycles. The average molecular weight is 414 g/mol. The van der Waals surface area contributed by atoms with Gasteiger partial charge in [-0.3, -0.25) is 20.4 Å². The van der Waals surface area contributed by atoms with Gasteiger partial charge in [-0.2, -0.15) is 0 Å². The van der Waals surface area contributed by atoms with Gasteiger partial charge in [-0.15, -0.1) is 0 Å². The van der Waals surface area contributed by atoms with Gasteiger partial charge in [0.1, 0.15) is 0 Å². The molecule has 29 heavy (non-hydrogen) atoms. The minimum absolute atomic E-state index is 0.0214. The Kier molecular flexibility index (Phi) is 5.25. The minimum Gasteiger partial charge on any atom is -0.326 e. The molecule has 4 rings (SSSR count). The molecule has 0 unspecified atom stereocenters. The first kappa shape index (κ1) is 19.4. The number of carbonyl (C=O) groups excluding carboxylic acids is 2. The van der Waals surface area contributed by atoms with Crippen molar-refractivity contribution < 1.29 is 18.0 Å². The Labute approximate surface area is 169 Å². The Morgan fingerprint density at radius 1 is 0.897 bits per heavy atom. The summed E-state index contributed by atoms with van der Waals surface area (Å²) < 4.78 is 27.0. The van der Waals surface area contributed by atoms with Gasteiger partial charge in [-0.1, -0.05) is 6.07 Å². The van der Waals surface area contributed by atoms with Crippen molar-refractivity contribution >= 4 is 33.2 Å². The molecule has 9 heteroatoms. The molecule has 0 saturated heterocycles. The van der Waals surface area contributed by atoms with Crippen LogP contribution in [0.3, 0.4) is 0 Å². The van der Waals surface area contributed by atoms with Gasteiger partial charge in [-0.05, 0) is 68.1 Å². The monoisotopic (exact) mass is 414 g/mol. The van der Waals surface area contributed by atoms with Gasteiger partial charge >= 0.3 is 0 Å². The first-order valence-electron chi connectivity index (χ1n) is 9.50. The maximum Gasteiger partial charge on any atom is 0.269 e. The fourth-order valence-corrected chi connectivity index (χ4v) is 4.04. The third kappa shape index (κ3) is 5.12. The number of sulfonamides is 1. The molecular formula is C20H22N4O4S. The van der Waals surface area contributed by atoms with Crippen LogP contribution in [0.4, 0.5) is 11.4 Å². The molecule has 2 aromatic carbocycles. The van der Waals surface area contributed by atoms with Crippen molar-refractivity contribution in [2.45, 2.75) is 36.6 Å². The Bertz CT molecular complexity index is 1030. The molecule has 2 aliphatic rings. The topological polar surface area (TPSA) is 116 Å². The van der Waals surface area contributed by atoms with E-state index in [0.29, 0.717) is 16.9 Å². The van der Waals surface area contributed by atoms with Crippen LogP contribution in [0, 0.1) is 5.92 Å². The quantitative estimate of drug-likeness (QED) is 0.494. The highest BCUT2D eigenvalue weighted by Gasteiger charge is 2.29. The van der Waals surface area contributed by atoms with Gasteiger partial charge in [0.05, 0.1) is 10.6 Å². The lowest BCUT2D eigenvalue weighted by Crippen LogP contribution is -2.29. The van der Waals surface area contributed by atoms with E-state index in [2.05, 4.69) is 20.9 Å². The number of hydrazine groups is 1. The van der Waals surface area contributed by atoms with Crippen LogP contribution >= 0.6 is 0 Å². The smallest absolute Gasteiger partial charge is 0.269 e. The fourth-order valence-electron chi connectivity index (χ4n) is 2.74. The highest BCUT2D eigenvalue weighted by Crippen LogP contribution is 2.30. The Hall–Kier alpha value is -2.91. The summed E-state index contributed by atoms with van der Waals surface area (Å²) in [4.78, 5) is 24.4. The van der Waals surface area contributed by atoms with E-state index < -0.39 is 10.0 Å². The van der Waals surface area contributed by atoms with E-state index >= 15 is 0 Å². The molecule has 2 aromatic rings. The molecule has 0 spiro atoms. The second-order valence-corrected chi connectivity index (χ2v) is 9.06. The number of amides is 2. The third-order valence-corrected chi connectivity index (χ3v) is 6.26. The SMILES string of the molecule is O=C(NNc1ccc(S(=O)(=O)NC2CC2)cc1)c1cccc(NC(=O)C2CC2)c1. The second kappa shape index (κ2) is 7.84. The number of nitrogens with one attached hydrogen (secondary N) is 4. The van der Waals surface area contributed by atoms with Crippen molar-refractivity contribution in [1.29, 1.82) is 0 Å². The summed E-state index contributed by atoms with van der Waals surface area (Å²) in [5, 5.41) is 2.81. The van der Waals surface area contributed by atoms with Gasteiger partial charge in [0.2, 0.25) is 15.9 Å². The molecule has 4 N–H and O–H groups in total. The Balaban J connectivity index is 1.33. The molecule has 0 aliphatic heterocycles. The van der Waals surface area contributed by atoms with E-state index in [9.17, 15) is 18.0 Å². The van der Waals surface area contributed by atoms with Crippen molar-refractivity contribution in [1.82, 2.24) is 10.1 Å². The van der Waals surface area contributed by atoms with E-state index in [0.717, 1.165) is 25.7 Å². The first-order valence-corrected chi connectivity index (χ1v) is 11.0. The van der Waals surface area contributed by atoms with Crippen LogP contribution in [-0.4, -0.2) is 26.3 Å². The van der Waals surface area contributed by atoms with Crippen LogP contribution in [0.1, 0.15) is 36.0 Å². The molecule has 8 nitrogen and oxygen atoms in total. The maximum absolute atomic E-state index is 12.4. The van der Waals surface area contributed by atoms with E-state index in [1.165, 1.54) is 12.1 Å². The predicted molar refractivity (Wildman–Crippen MR) is 109 cm³/mol. The highest BCUT2D eigenvalue weighted by atomic mass is 32.2. The Morgan fingerprint density at radius 2 is 1.62 bits per heavy atom. The molecule has 0 bridgehead atoms. The van der Waals surface area contributed by atoms with Crippen molar-refractivity contribution in [3.8, 4) is 0 Å². The predicted octanol–water partition coefficient (Wildman–Crippen LogP) is 2.23. The van der Waals surface area contributed by atoms with E-state index in [1.54, 1.807) is 36.4 Å². The standard InChI is InChI=1S/C20H22N4O4S/c25-19(13-4-5-13)21-17-3-1-2-14(12-17)20(26)23-22-15-8-10-18(11-9-15)29(27,28)24-16-6-7-16/h1-3,8-13,16,22,24H,4-7H2,(H,21,25)(H,23,26). The zero-order valence-electron chi connectivity index (χ0n) is 15.6. The molecule has 0 aromatic heterocycles. The molecule has 2 saturated carbocycles. The lowest BCUT2D eigenvalue weighted by Gasteiger charge is -2.11. The normalized spacial score (nSPS) is 16.1. The Morgan fingerprint density at radius 3 is 2.28 bits per heavy atom. The van der Waals surface area contributed by atoms with Crippen LogP contribution < -0.4 is 20.9 Å². The minimum atomic E-state index is -3.50. The van der Waals surface area contributed by atoms with Crippen LogP contribution in [0.2, 0.25) is 0 Å². The van der Waals surface area contributed by atoms with Crippen molar-refractivity contribution in [3.05, 3.63) is 54.1 Å². The number of hydrogen-bond donors (Lipinski definition) is 4. The maximum atomic E-state index is 12.4. The molecule has 0 radical (unpaired) electrons. The van der Waals surface area contributed by atoms with Crippen LogP contribution in [0.15, 0.2) is 53.4 Å². The summed E-state index contributed by atoms with van der Waals surface area (Å²) in [6, 6.07) is 12.8. The average Bonchev–Trinajstić information content (AvgIpc) is 3.60. The molecule has 2 fully saturated rings. The number of hydrogen-bond acceptors (Lipinski definition) is 5. The van der Waals surface area contributed by atoms with Gasteiger partial charge in [-0.25, -0.2) is 13.1 Å². The van der Waals surface area contributed by atoms with E-state index in [4.69, 9.17) is 0 Å². The number of benzene rings is 2. The summed E-state index contributed by atoms with van der Waals surface area (Å²) in [6.45, 7) is 0. The lowest BCUT2D eigenvalue weighted by atomic mass is 10.2. The van der Waals surface area contributed by atoms with Gasteiger partial charge in [0, 0.05) is 23.2 Å². The molecule has 2 aliphatic carbocycles. The molecule has 152 valence electrons. The third-order valence-electron chi connectivity index (χ3n) is 4.72. The number of carbonyl (C=O) groups is 2. The zero-order chi connectivity index (χ0) is 20.4. The fraction of sp³-hybridized carbons (Fsp3) is 0.300. The van der Waals surface area contributed by atoms with Crippen molar-refractivity contribution in [2.24, 2.45) is 5.92 Å². The summed E-state index contributed by atoms with van der Waals surface area (Å²) >= 11 is 0. The number of anilines is 2. The second-order valence-electron chi connectivity index (χ2n) is 7.34. The van der Waals surface area contributed by atoms with Crippen LogP contribution in [0.25, 0.3) is 0 Å². The summed E-state index contributed by atoms with van der Waals surface area (Å²) in [5.41, 5.74) is 6.83. The first-order chi connectivity index (χ1) is 13.9. The van der Waals surface area contributed by atoms with Gasteiger partial charge in [0.15, 0.2) is 0 Å². The number of rotatable bonds is 8. The molecular weight excluding hydrogens is 392 g/mol. The lowest BCUT2D eigenvalue weighted by molar-refractivity contribution is -0.117. The highest BCUT2D eigenvalue weighted by molar-refractivity contribution is 7.89. The van der Waals surface area contributed by atoms with Crippen LogP contribution in [0.5, 0.6) is 0 Å². The zero-order valence-corrected chi connectivity index (χ0v) is 16.5. The van der Waals surface area contributed by atoms with E-state index in [-0.39, 0.29) is 28.7 Å². The van der Waals surface area contributed by atoms with Gasteiger partial charge < -0.3 is 5.32 Å². The summed E-state index contributed by atoms with van der Waals surface area (Å²) in [7, 11) is -3.50. The summed E-state index contributed by atoms with van der Waals surface area (Å²) in [5.74, 6) is -0.313.